The van der Waals surface area contributed by atoms with Crippen LogP contribution in [0.25, 0.3) is 10.2 Å². The Kier molecular flexibility index (Phi) is 4.41. The number of amides is 1. The fourth-order valence-corrected chi connectivity index (χ4v) is 3.57. The molecule has 3 rings (SSSR count). The van der Waals surface area contributed by atoms with Crippen LogP contribution in [0.4, 0.5) is 0 Å². The van der Waals surface area contributed by atoms with Crippen molar-refractivity contribution in [1.29, 1.82) is 0 Å². The number of carbonyl (C=O) groups is 1. The van der Waals surface area contributed by atoms with Gasteiger partial charge in [0.05, 0.1) is 16.6 Å². The predicted molar refractivity (Wildman–Crippen MR) is 91.2 cm³/mol. The molecule has 1 aromatic heterocycles. The normalized spacial score (nSPS) is 12.0. The average molecular weight is 331 g/mol. The van der Waals surface area contributed by atoms with E-state index in [2.05, 4.69) is 28.6 Å². The fraction of sp³-hybridized carbons (Fsp3) is 0.176. The third kappa shape index (κ3) is 3.13. The fourth-order valence-electron chi connectivity index (χ4n) is 2.33. The molecule has 0 radical (unpaired) electrons. The highest BCUT2D eigenvalue weighted by Gasteiger charge is 2.07. The van der Waals surface area contributed by atoms with Crippen molar-refractivity contribution in [1.82, 2.24) is 4.57 Å². The number of nitrogens with zero attached hydrogens (tertiary/aromatic N) is 2. The lowest BCUT2D eigenvalue weighted by atomic mass is 10.1. The molecule has 0 saturated heterocycles. The maximum absolute atomic E-state index is 12.2. The molecule has 5 heteroatoms. The highest BCUT2D eigenvalue weighted by molar-refractivity contribution is 7.16. The van der Waals surface area contributed by atoms with Crippen molar-refractivity contribution in [3.8, 4) is 0 Å². The molecule has 3 aromatic rings. The summed E-state index contributed by atoms with van der Waals surface area (Å²) in [4.78, 5) is 17.3. The van der Waals surface area contributed by atoms with E-state index in [1.807, 2.05) is 24.3 Å². The van der Waals surface area contributed by atoms with Crippen LogP contribution in [-0.2, 0) is 17.8 Å². The molecule has 22 heavy (non-hydrogen) atoms. The molecule has 112 valence electrons. The van der Waals surface area contributed by atoms with E-state index in [0.717, 1.165) is 27.1 Å². The van der Waals surface area contributed by atoms with Crippen LogP contribution in [-0.4, -0.2) is 10.5 Å². The van der Waals surface area contributed by atoms with Crippen LogP contribution >= 0.6 is 22.9 Å². The number of carbonyl (C=O) groups excluding carboxylic acids is 1. The van der Waals surface area contributed by atoms with Crippen molar-refractivity contribution in [3.63, 3.8) is 0 Å². The van der Waals surface area contributed by atoms with E-state index in [4.69, 9.17) is 11.6 Å². The number of rotatable bonds is 3. The maximum Gasteiger partial charge on any atom is 0.252 e. The molecule has 0 aliphatic carbocycles. The first-order chi connectivity index (χ1) is 10.7. The molecule has 0 aliphatic rings. The number of aromatic nitrogens is 1. The number of aryl methyl sites for hydroxylation is 1. The van der Waals surface area contributed by atoms with Crippen LogP contribution < -0.4 is 4.80 Å². The summed E-state index contributed by atoms with van der Waals surface area (Å²) in [6.45, 7) is 2.85. The Morgan fingerprint density at radius 2 is 1.91 bits per heavy atom. The molecule has 0 unspecified atom stereocenters. The summed E-state index contributed by atoms with van der Waals surface area (Å²) in [5, 5.41) is 0.668. The molecule has 0 atom stereocenters. The van der Waals surface area contributed by atoms with Crippen LogP contribution in [0.3, 0.4) is 0 Å². The summed E-state index contributed by atoms with van der Waals surface area (Å²) < 4.78 is 3.21. The Morgan fingerprint density at radius 3 is 2.64 bits per heavy atom. The molecule has 0 spiro atoms. The Balaban J connectivity index is 1.94. The molecule has 0 fully saturated rings. The number of hydrogen-bond donors (Lipinski definition) is 0. The largest absolute Gasteiger partial charge is 0.317 e. The zero-order chi connectivity index (χ0) is 15.5. The molecule has 3 nitrogen and oxygen atoms in total. The van der Waals surface area contributed by atoms with E-state index in [-0.39, 0.29) is 12.3 Å². The van der Waals surface area contributed by atoms with E-state index in [0.29, 0.717) is 5.02 Å². The highest BCUT2D eigenvalue weighted by atomic mass is 35.5. The number of benzene rings is 2. The van der Waals surface area contributed by atoms with Gasteiger partial charge in [-0.2, -0.15) is 4.99 Å². The van der Waals surface area contributed by atoms with E-state index in [9.17, 15) is 4.79 Å². The topological polar surface area (TPSA) is 34.4 Å². The van der Waals surface area contributed by atoms with Gasteiger partial charge in [-0.25, -0.2) is 0 Å². The van der Waals surface area contributed by atoms with Crippen LogP contribution in [0.2, 0.25) is 5.02 Å². The second-order valence-electron chi connectivity index (χ2n) is 4.91. The first-order valence-electron chi connectivity index (χ1n) is 7.07. The second-order valence-corrected chi connectivity index (χ2v) is 6.35. The van der Waals surface area contributed by atoms with Gasteiger partial charge in [-0.05, 0) is 36.8 Å². The summed E-state index contributed by atoms with van der Waals surface area (Å²) in [6, 6.07) is 15.4. The molecule has 1 amide bonds. The van der Waals surface area contributed by atoms with Gasteiger partial charge in [0.25, 0.3) is 5.91 Å². The molecule has 0 aliphatic heterocycles. The van der Waals surface area contributed by atoms with Crippen molar-refractivity contribution in [2.24, 2.45) is 4.99 Å². The predicted octanol–water partition coefficient (Wildman–Crippen LogP) is 4.05. The summed E-state index contributed by atoms with van der Waals surface area (Å²) >= 11 is 7.40. The van der Waals surface area contributed by atoms with Gasteiger partial charge in [0.15, 0.2) is 4.80 Å². The zero-order valence-electron chi connectivity index (χ0n) is 12.1. The van der Waals surface area contributed by atoms with Crippen molar-refractivity contribution in [3.05, 3.63) is 63.9 Å². The quantitative estimate of drug-likeness (QED) is 0.713. The first-order valence-corrected chi connectivity index (χ1v) is 8.27. The number of fused-ring (bicyclic) bond motifs is 1. The van der Waals surface area contributed by atoms with Gasteiger partial charge in [-0.3, -0.25) is 4.79 Å². The van der Waals surface area contributed by atoms with E-state index >= 15 is 0 Å². The first kappa shape index (κ1) is 15.0. The van der Waals surface area contributed by atoms with E-state index in [1.165, 1.54) is 0 Å². The number of hydrogen-bond acceptors (Lipinski definition) is 2. The van der Waals surface area contributed by atoms with Crippen molar-refractivity contribution in [2.45, 2.75) is 19.9 Å². The van der Waals surface area contributed by atoms with Gasteiger partial charge in [0, 0.05) is 11.6 Å². The lowest BCUT2D eigenvalue weighted by Gasteiger charge is -2.00. The molecule has 1 heterocycles. The SMILES string of the molecule is CCn1c(=NC(=O)Cc2ccc(Cl)cc2)sc2ccccc21. The standard InChI is InChI=1S/C17H15ClN2OS/c1-2-20-14-5-3-4-6-15(14)22-17(20)19-16(21)11-12-7-9-13(18)10-8-12/h3-10H,2,11H2,1H3. The van der Waals surface area contributed by atoms with Crippen LogP contribution in [0.5, 0.6) is 0 Å². The summed E-state index contributed by atoms with van der Waals surface area (Å²) in [5.41, 5.74) is 2.04. The Morgan fingerprint density at radius 1 is 1.18 bits per heavy atom. The average Bonchev–Trinajstić information content (AvgIpc) is 2.86. The van der Waals surface area contributed by atoms with Gasteiger partial charge in [-0.15, -0.1) is 0 Å². The molecule has 0 N–H and O–H groups in total. The zero-order valence-corrected chi connectivity index (χ0v) is 13.7. The minimum Gasteiger partial charge on any atom is -0.317 e. The molecule has 2 aromatic carbocycles. The van der Waals surface area contributed by atoms with Crippen LogP contribution in [0.15, 0.2) is 53.5 Å². The molecular formula is C17H15ClN2OS. The number of thiazole rings is 1. The van der Waals surface area contributed by atoms with Gasteiger partial charge in [0.2, 0.25) is 0 Å². The van der Waals surface area contributed by atoms with Crippen LogP contribution in [0.1, 0.15) is 12.5 Å². The van der Waals surface area contributed by atoms with Crippen molar-refractivity contribution >= 4 is 39.1 Å². The van der Waals surface area contributed by atoms with Gasteiger partial charge >= 0.3 is 0 Å². The van der Waals surface area contributed by atoms with Crippen molar-refractivity contribution in [2.75, 3.05) is 0 Å². The summed E-state index contributed by atoms with van der Waals surface area (Å²) in [5.74, 6) is -0.143. The maximum atomic E-state index is 12.2. The van der Waals surface area contributed by atoms with E-state index in [1.54, 1.807) is 23.5 Å². The number of halogens is 1. The highest BCUT2D eigenvalue weighted by Crippen LogP contribution is 2.16. The molecular weight excluding hydrogens is 316 g/mol. The molecule has 0 bridgehead atoms. The number of para-hydroxylation sites is 1. The Bertz CT molecular complexity index is 878. The minimum atomic E-state index is -0.143. The summed E-state index contributed by atoms with van der Waals surface area (Å²) in [7, 11) is 0. The lowest BCUT2D eigenvalue weighted by molar-refractivity contribution is -0.117. The Labute approximate surface area is 137 Å². The second kappa shape index (κ2) is 6.46. The van der Waals surface area contributed by atoms with Crippen molar-refractivity contribution < 1.29 is 4.79 Å². The van der Waals surface area contributed by atoms with Gasteiger partial charge in [0.1, 0.15) is 0 Å². The van der Waals surface area contributed by atoms with Gasteiger partial charge in [-0.1, -0.05) is 47.2 Å². The Hall–Kier alpha value is -1.91. The van der Waals surface area contributed by atoms with E-state index < -0.39 is 0 Å². The monoisotopic (exact) mass is 330 g/mol. The molecule has 0 saturated carbocycles. The third-order valence-corrected chi connectivity index (χ3v) is 4.70. The third-order valence-electron chi connectivity index (χ3n) is 3.39. The van der Waals surface area contributed by atoms with Gasteiger partial charge < -0.3 is 4.57 Å². The summed E-state index contributed by atoms with van der Waals surface area (Å²) in [6.07, 6.45) is 0.287. The van der Waals surface area contributed by atoms with Crippen LogP contribution in [0, 0.1) is 0 Å². The smallest absolute Gasteiger partial charge is 0.252 e. The minimum absolute atomic E-state index is 0.143. The lowest BCUT2D eigenvalue weighted by Crippen LogP contribution is -2.16.